The van der Waals surface area contributed by atoms with Gasteiger partial charge in [0.2, 0.25) is 0 Å². The second-order valence-electron chi connectivity index (χ2n) is 5.39. The molecule has 1 aliphatic heterocycles. The van der Waals surface area contributed by atoms with Crippen LogP contribution in [0.4, 0.5) is 5.82 Å². The summed E-state index contributed by atoms with van der Waals surface area (Å²) in [5, 5.41) is 15.9. The zero-order valence-electron chi connectivity index (χ0n) is 12.1. The van der Waals surface area contributed by atoms with Gasteiger partial charge in [-0.3, -0.25) is 4.98 Å². The van der Waals surface area contributed by atoms with E-state index in [-0.39, 0.29) is 11.6 Å². The van der Waals surface area contributed by atoms with Crippen LogP contribution >= 0.6 is 11.6 Å². The first-order valence-corrected chi connectivity index (χ1v) is 7.43. The van der Waals surface area contributed by atoms with Crippen LogP contribution in [-0.2, 0) is 0 Å². The number of nitriles is 1. The molecule has 2 aromatic heterocycles. The van der Waals surface area contributed by atoms with E-state index in [2.05, 4.69) is 31.1 Å². The van der Waals surface area contributed by atoms with Gasteiger partial charge in [0.1, 0.15) is 17.7 Å². The van der Waals surface area contributed by atoms with E-state index >= 15 is 0 Å². The largest absolute Gasteiger partial charge is 0.355 e. The number of nitrogens with one attached hydrogen (secondary N) is 2. The number of aromatic amines is 2. The van der Waals surface area contributed by atoms with Gasteiger partial charge in [-0.1, -0.05) is 11.6 Å². The van der Waals surface area contributed by atoms with E-state index in [1.165, 1.54) is 0 Å². The molecular formula is C14H15ClN6O. The van der Waals surface area contributed by atoms with Crippen molar-refractivity contribution in [3.05, 3.63) is 38.7 Å². The Hall–Kier alpha value is -2.33. The van der Waals surface area contributed by atoms with Gasteiger partial charge in [-0.25, -0.2) is 14.9 Å². The third-order valence-electron chi connectivity index (χ3n) is 3.90. The number of aromatic nitrogens is 4. The molecule has 2 N–H and O–H groups in total. The van der Waals surface area contributed by atoms with Gasteiger partial charge in [0, 0.05) is 19.0 Å². The lowest BCUT2D eigenvalue weighted by atomic mass is 9.97. The predicted octanol–water partition coefficient (Wildman–Crippen LogP) is 1.71. The van der Waals surface area contributed by atoms with E-state index in [1.54, 1.807) is 13.0 Å². The fourth-order valence-corrected chi connectivity index (χ4v) is 3.04. The second-order valence-corrected chi connectivity index (χ2v) is 5.79. The summed E-state index contributed by atoms with van der Waals surface area (Å²) in [7, 11) is 0. The Kier molecular flexibility index (Phi) is 3.86. The van der Waals surface area contributed by atoms with Crippen LogP contribution in [-0.4, -0.2) is 33.3 Å². The molecule has 2 aromatic rings. The molecule has 1 saturated heterocycles. The smallest absolute Gasteiger partial charge is 0.340 e. The number of halogens is 1. The van der Waals surface area contributed by atoms with E-state index < -0.39 is 0 Å². The molecule has 0 aliphatic carbocycles. The maximum absolute atomic E-state index is 11.2. The van der Waals surface area contributed by atoms with Crippen LogP contribution in [0.5, 0.6) is 0 Å². The van der Waals surface area contributed by atoms with Crippen LogP contribution < -0.4 is 10.6 Å². The summed E-state index contributed by atoms with van der Waals surface area (Å²) in [6.45, 7) is 3.31. The lowest BCUT2D eigenvalue weighted by Gasteiger charge is -2.33. The van der Waals surface area contributed by atoms with Gasteiger partial charge < -0.3 is 4.90 Å². The Morgan fingerprint density at radius 2 is 2.36 bits per heavy atom. The molecule has 22 heavy (non-hydrogen) atoms. The highest BCUT2D eigenvalue weighted by Crippen LogP contribution is 2.31. The molecule has 0 aromatic carbocycles. The van der Waals surface area contributed by atoms with Gasteiger partial charge >= 0.3 is 5.69 Å². The maximum atomic E-state index is 11.2. The number of rotatable bonds is 2. The number of nitrogens with zero attached hydrogens (tertiary/aromatic N) is 4. The topological polar surface area (TPSA) is 101 Å². The van der Waals surface area contributed by atoms with Crippen molar-refractivity contribution in [3.8, 4) is 6.07 Å². The molecule has 3 heterocycles. The minimum atomic E-state index is -0.294. The molecule has 1 atom stereocenters. The van der Waals surface area contributed by atoms with Gasteiger partial charge in [-0.2, -0.15) is 10.4 Å². The van der Waals surface area contributed by atoms with Crippen LogP contribution in [0.25, 0.3) is 0 Å². The summed E-state index contributed by atoms with van der Waals surface area (Å²) in [4.78, 5) is 20.5. The molecule has 1 fully saturated rings. The lowest BCUT2D eigenvalue weighted by Crippen LogP contribution is -2.35. The van der Waals surface area contributed by atoms with Crippen molar-refractivity contribution >= 4 is 17.4 Å². The number of piperidine rings is 1. The molecule has 3 rings (SSSR count). The minimum absolute atomic E-state index is 0.126. The van der Waals surface area contributed by atoms with Gasteiger partial charge in [0.25, 0.3) is 0 Å². The Labute approximate surface area is 131 Å². The normalized spacial score (nSPS) is 18.2. The van der Waals surface area contributed by atoms with Crippen molar-refractivity contribution in [2.24, 2.45) is 0 Å². The second kappa shape index (κ2) is 5.81. The van der Waals surface area contributed by atoms with Gasteiger partial charge in [0.05, 0.1) is 16.3 Å². The zero-order chi connectivity index (χ0) is 15.7. The maximum Gasteiger partial charge on any atom is 0.340 e. The van der Waals surface area contributed by atoms with Crippen molar-refractivity contribution in [3.63, 3.8) is 0 Å². The van der Waals surface area contributed by atoms with E-state index in [0.717, 1.165) is 19.4 Å². The highest BCUT2D eigenvalue weighted by atomic mass is 35.5. The van der Waals surface area contributed by atoms with Crippen LogP contribution in [0.2, 0.25) is 5.02 Å². The Morgan fingerprint density at radius 3 is 3.05 bits per heavy atom. The first-order chi connectivity index (χ1) is 10.6. The fraction of sp³-hybridized carbons (Fsp3) is 0.429. The van der Waals surface area contributed by atoms with Crippen molar-refractivity contribution in [2.45, 2.75) is 25.7 Å². The first kappa shape index (κ1) is 14.6. The summed E-state index contributed by atoms with van der Waals surface area (Å²) >= 11 is 6.28. The van der Waals surface area contributed by atoms with E-state index in [0.29, 0.717) is 34.5 Å². The molecule has 0 amide bonds. The van der Waals surface area contributed by atoms with E-state index in [9.17, 15) is 4.79 Å². The number of hydrogen-bond acceptors (Lipinski definition) is 5. The number of hydrogen-bond donors (Lipinski definition) is 2. The molecule has 0 spiro atoms. The van der Waals surface area contributed by atoms with Crippen molar-refractivity contribution in [1.29, 1.82) is 5.26 Å². The summed E-state index contributed by atoms with van der Waals surface area (Å²) in [5.74, 6) is 1.47. The third kappa shape index (κ3) is 2.70. The molecule has 1 unspecified atom stereocenters. The number of H-pyrrole nitrogens is 2. The quantitative estimate of drug-likeness (QED) is 0.877. The molecule has 8 heteroatoms. The summed E-state index contributed by atoms with van der Waals surface area (Å²) < 4.78 is 0. The highest BCUT2D eigenvalue weighted by Gasteiger charge is 2.26. The average molecular weight is 319 g/mol. The fourth-order valence-electron chi connectivity index (χ4n) is 2.77. The van der Waals surface area contributed by atoms with Crippen LogP contribution in [0.1, 0.15) is 35.8 Å². The summed E-state index contributed by atoms with van der Waals surface area (Å²) in [6.07, 6.45) is 1.90. The standard InChI is InChI=1S/C14H15ClN6O/c1-8-10(6-16)5-11(15)13(17-8)21-4-2-3-9(7-21)12-18-14(22)20-19-12/h5,9H,2-4,7H2,1H3,(H2,18,19,20,22). The number of aryl methyl sites for hydroxylation is 1. The van der Waals surface area contributed by atoms with Gasteiger partial charge in [0.15, 0.2) is 0 Å². The summed E-state index contributed by atoms with van der Waals surface area (Å²) in [6, 6.07) is 3.74. The third-order valence-corrected chi connectivity index (χ3v) is 4.17. The Balaban J connectivity index is 1.88. The number of anilines is 1. The van der Waals surface area contributed by atoms with Crippen molar-refractivity contribution in [1.82, 2.24) is 20.2 Å². The van der Waals surface area contributed by atoms with Crippen molar-refractivity contribution in [2.75, 3.05) is 18.0 Å². The summed E-state index contributed by atoms with van der Waals surface area (Å²) in [5.41, 5.74) is 0.855. The molecular weight excluding hydrogens is 304 g/mol. The first-order valence-electron chi connectivity index (χ1n) is 7.05. The number of pyridine rings is 1. The van der Waals surface area contributed by atoms with Crippen LogP contribution in [0.15, 0.2) is 10.9 Å². The monoisotopic (exact) mass is 318 g/mol. The predicted molar refractivity (Wildman–Crippen MR) is 82.1 cm³/mol. The van der Waals surface area contributed by atoms with Gasteiger partial charge in [-0.15, -0.1) is 0 Å². The molecule has 114 valence electrons. The molecule has 1 aliphatic rings. The van der Waals surface area contributed by atoms with Crippen LogP contribution in [0.3, 0.4) is 0 Å². The van der Waals surface area contributed by atoms with E-state index in [1.807, 2.05) is 0 Å². The highest BCUT2D eigenvalue weighted by molar-refractivity contribution is 6.33. The van der Waals surface area contributed by atoms with Gasteiger partial charge in [-0.05, 0) is 25.8 Å². The molecule has 0 bridgehead atoms. The minimum Gasteiger partial charge on any atom is -0.355 e. The average Bonchev–Trinajstić information content (AvgIpc) is 2.96. The molecule has 0 saturated carbocycles. The van der Waals surface area contributed by atoms with Crippen molar-refractivity contribution < 1.29 is 0 Å². The molecule has 7 nitrogen and oxygen atoms in total. The Bertz CT molecular complexity index is 789. The Morgan fingerprint density at radius 1 is 1.55 bits per heavy atom. The SMILES string of the molecule is Cc1nc(N2CCCC(c3n[nH]c(=O)[nH]3)C2)c(Cl)cc1C#N. The van der Waals surface area contributed by atoms with E-state index in [4.69, 9.17) is 16.9 Å². The lowest BCUT2D eigenvalue weighted by molar-refractivity contribution is 0.489. The zero-order valence-corrected chi connectivity index (χ0v) is 12.8. The van der Waals surface area contributed by atoms with Crippen LogP contribution in [0, 0.1) is 18.3 Å². The molecule has 0 radical (unpaired) electrons.